The summed E-state index contributed by atoms with van der Waals surface area (Å²) in [7, 11) is 0. The molecule has 0 aromatic carbocycles. The van der Waals surface area contributed by atoms with E-state index in [4.69, 9.17) is 4.74 Å². The highest BCUT2D eigenvalue weighted by Gasteiger charge is 2.21. The monoisotopic (exact) mass is 242 g/mol. The second kappa shape index (κ2) is 6.36. The molecular weight excluding hydrogens is 216 g/mol. The Hall–Kier alpha value is -0.610. The fourth-order valence-corrected chi connectivity index (χ4v) is 2.04. The summed E-state index contributed by atoms with van der Waals surface area (Å²) in [6.45, 7) is 10.2. The number of hydrogen-bond acceptors (Lipinski definition) is 3. The molecule has 4 nitrogen and oxygen atoms in total. The Bertz CT molecular complexity index is 242. The van der Waals surface area contributed by atoms with E-state index in [1.807, 2.05) is 20.8 Å². The highest BCUT2D eigenvalue weighted by atomic mass is 16.5. The van der Waals surface area contributed by atoms with Crippen LogP contribution >= 0.6 is 0 Å². The van der Waals surface area contributed by atoms with Crippen molar-refractivity contribution >= 4 is 5.91 Å². The summed E-state index contributed by atoms with van der Waals surface area (Å²) in [5.74, 6) is 0.584. The lowest BCUT2D eigenvalue weighted by Crippen LogP contribution is -2.44. The van der Waals surface area contributed by atoms with Crippen molar-refractivity contribution in [2.75, 3.05) is 19.7 Å². The third-order valence-electron chi connectivity index (χ3n) is 3.12. The van der Waals surface area contributed by atoms with Crippen molar-refractivity contribution in [2.24, 2.45) is 5.92 Å². The van der Waals surface area contributed by atoms with Gasteiger partial charge in [-0.05, 0) is 59.5 Å². The molecule has 1 atom stereocenters. The molecule has 0 aromatic rings. The first-order valence-electron chi connectivity index (χ1n) is 6.52. The largest absolute Gasteiger partial charge is 0.366 e. The summed E-state index contributed by atoms with van der Waals surface area (Å²) in [5.41, 5.74) is -0.255. The molecule has 1 fully saturated rings. The molecule has 1 amide bonds. The summed E-state index contributed by atoms with van der Waals surface area (Å²) < 4.78 is 5.45. The van der Waals surface area contributed by atoms with Crippen LogP contribution in [0.2, 0.25) is 0 Å². The van der Waals surface area contributed by atoms with E-state index in [2.05, 4.69) is 17.6 Å². The molecule has 0 radical (unpaired) electrons. The number of carbonyl (C=O) groups is 1. The van der Waals surface area contributed by atoms with E-state index in [-0.39, 0.29) is 24.2 Å². The van der Waals surface area contributed by atoms with Gasteiger partial charge in [0.15, 0.2) is 0 Å². The molecule has 1 rings (SSSR count). The number of amides is 1. The number of carbonyl (C=O) groups excluding carboxylic acids is 1. The van der Waals surface area contributed by atoms with Gasteiger partial charge in [0.25, 0.3) is 0 Å². The molecule has 1 heterocycles. The Morgan fingerprint density at radius 2 is 2.00 bits per heavy atom. The van der Waals surface area contributed by atoms with Crippen molar-refractivity contribution in [1.82, 2.24) is 10.6 Å². The van der Waals surface area contributed by atoms with Crippen LogP contribution in [0.15, 0.2) is 0 Å². The van der Waals surface area contributed by atoms with Gasteiger partial charge in [-0.1, -0.05) is 0 Å². The fraction of sp³-hybridized carbons (Fsp3) is 0.923. The SMILES string of the molecule is CC(NC(=O)COC(C)(C)C)C1CCNCC1. The van der Waals surface area contributed by atoms with Crippen LogP contribution in [0, 0.1) is 5.92 Å². The zero-order valence-corrected chi connectivity index (χ0v) is 11.5. The minimum Gasteiger partial charge on any atom is -0.366 e. The minimum absolute atomic E-state index is 0.00837. The predicted octanol–water partition coefficient (Wildman–Crippen LogP) is 1.31. The normalized spacial score (nSPS) is 20.0. The molecule has 4 heteroatoms. The lowest BCUT2D eigenvalue weighted by Gasteiger charge is -2.29. The Kier molecular flexibility index (Phi) is 5.40. The molecule has 0 saturated carbocycles. The smallest absolute Gasteiger partial charge is 0.246 e. The first-order valence-corrected chi connectivity index (χ1v) is 6.52. The van der Waals surface area contributed by atoms with E-state index in [1.54, 1.807) is 0 Å². The standard InChI is InChI=1S/C13H26N2O2/c1-10(11-5-7-14-8-6-11)15-12(16)9-17-13(2,3)4/h10-11,14H,5-9H2,1-4H3,(H,15,16). The van der Waals surface area contributed by atoms with E-state index in [9.17, 15) is 4.79 Å². The second-order valence-electron chi connectivity index (χ2n) is 5.84. The number of hydrogen-bond donors (Lipinski definition) is 2. The first-order chi connectivity index (χ1) is 7.88. The lowest BCUT2D eigenvalue weighted by molar-refractivity contribution is -0.131. The second-order valence-corrected chi connectivity index (χ2v) is 5.84. The Labute approximate surface area is 104 Å². The van der Waals surface area contributed by atoms with E-state index in [0.717, 1.165) is 25.9 Å². The van der Waals surface area contributed by atoms with Gasteiger partial charge in [-0.2, -0.15) is 0 Å². The van der Waals surface area contributed by atoms with Crippen molar-refractivity contribution in [2.45, 2.75) is 52.2 Å². The van der Waals surface area contributed by atoms with Crippen molar-refractivity contribution < 1.29 is 9.53 Å². The zero-order valence-electron chi connectivity index (χ0n) is 11.5. The third-order valence-corrected chi connectivity index (χ3v) is 3.12. The van der Waals surface area contributed by atoms with Crippen LogP contribution in [0.5, 0.6) is 0 Å². The number of piperidine rings is 1. The Balaban J connectivity index is 2.25. The zero-order chi connectivity index (χ0) is 12.9. The van der Waals surface area contributed by atoms with Crippen LogP contribution in [0.25, 0.3) is 0 Å². The van der Waals surface area contributed by atoms with Crippen molar-refractivity contribution in [3.8, 4) is 0 Å². The summed E-state index contributed by atoms with van der Waals surface area (Å²) >= 11 is 0. The average Bonchev–Trinajstić information content (AvgIpc) is 2.27. The van der Waals surface area contributed by atoms with E-state index in [1.165, 1.54) is 0 Å². The maximum Gasteiger partial charge on any atom is 0.246 e. The van der Waals surface area contributed by atoms with E-state index < -0.39 is 0 Å². The van der Waals surface area contributed by atoms with Gasteiger partial charge < -0.3 is 15.4 Å². The van der Waals surface area contributed by atoms with Gasteiger partial charge in [0.1, 0.15) is 6.61 Å². The van der Waals surface area contributed by atoms with Gasteiger partial charge in [0, 0.05) is 6.04 Å². The summed E-state index contributed by atoms with van der Waals surface area (Å²) in [6.07, 6.45) is 2.28. The van der Waals surface area contributed by atoms with Crippen LogP contribution in [0.4, 0.5) is 0 Å². The van der Waals surface area contributed by atoms with Gasteiger partial charge >= 0.3 is 0 Å². The number of nitrogens with one attached hydrogen (secondary N) is 2. The summed E-state index contributed by atoms with van der Waals surface area (Å²) in [6, 6.07) is 0.244. The van der Waals surface area contributed by atoms with Gasteiger partial charge in [-0.3, -0.25) is 4.79 Å². The van der Waals surface area contributed by atoms with E-state index >= 15 is 0 Å². The van der Waals surface area contributed by atoms with Crippen LogP contribution < -0.4 is 10.6 Å². The van der Waals surface area contributed by atoms with Crippen molar-refractivity contribution in [1.29, 1.82) is 0 Å². The van der Waals surface area contributed by atoms with Crippen LogP contribution in [0.1, 0.15) is 40.5 Å². The van der Waals surface area contributed by atoms with Gasteiger partial charge in [0.2, 0.25) is 5.91 Å². The molecule has 17 heavy (non-hydrogen) atoms. The molecule has 100 valence electrons. The molecule has 0 bridgehead atoms. The topological polar surface area (TPSA) is 50.4 Å². The Morgan fingerprint density at radius 3 is 2.53 bits per heavy atom. The van der Waals surface area contributed by atoms with E-state index in [0.29, 0.717) is 5.92 Å². The maximum absolute atomic E-state index is 11.7. The van der Waals surface area contributed by atoms with Crippen LogP contribution in [-0.2, 0) is 9.53 Å². The lowest BCUT2D eigenvalue weighted by atomic mass is 9.91. The molecule has 1 aliphatic rings. The third kappa shape index (κ3) is 6.03. The highest BCUT2D eigenvalue weighted by molar-refractivity contribution is 5.77. The molecule has 0 aliphatic carbocycles. The predicted molar refractivity (Wildman–Crippen MR) is 68.9 cm³/mol. The maximum atomic E-state index is 11.7. The molecule has 1 saturated heterocycles. The molecule has 0 aromatic heterocycles. The van der Waals surface area contributed by atoms with Crippen LogP contribution in [-0.4, -0.2) is 37.2 Å². The number of rotatable bonds is 4. The fourth-order valence-electron chi connectivity index (χ4n) is 2.04. The van der Waals surface area contributed by atoms with Crippen molar-refractivity contribution in [3.63, 3.8) is 0 Å². The minimum atomic E-state index is -0.255. The molecule has 1 unspecified atom stereocenters. The quantitative estimate of drug-likeness (QED) is 0.781. The van der Waals surface area contributed by atoms with Gasteiger partial charge in [0.05, 0.1) is 5.60 Å². The molecule has 1 aliphatic heterocycles. The highest BCUT2D eigenvalue weighted by Crippen LogP contribution is 2.16. The number of ether oxygens (including phenoxy) is 1. The Morgan fingerprint density at radius 1 is 1.41 bits per heavy atom. The molecule has 2 N–H and O–H groups in total. The molecule has 0 spiro atoms. The molecular formula is C13H26N2O2. The van der Waals surface area contributed by atoms with Crippen molar-refractivity contribution in [3.05, 3.63) is 0 Å². The average molecular weight is 242 g/mol. The first kappa shape index (κ1) is 14.5. The summed E-state index contributed by atoms with van der Waals surface area (Å²) in [5, 5.41) is 6.36. The van der Waals surface area contributed by atoms with Gasteiger partial charge in [-0.25, -0.2) is 0 Å². The van der Waals surface area contributed by atoms with Gasteiger partial charge in [-0.15, -0.1) is 0 Å². The van der Waals surface area contributed by atoms with Crippen LogP contribution in [0.3, 0.4) is 0 Å². The summed E-state index contributed by atoms with van der Waals surface area (Å²) in [4.78, 5) is 11.7.